The monoisotopic (exact) mass is 277 g/mol. The van der Waals surface area contributed by atoms with Crippen molar-refractivity contribution in [1.82, 2.24) is 10.3 Å². The fraction of sp³-hybridized carbons (Fsp3) is 0.625. The molecule has 0 bridgehead atoms. The van der Waals surface area contributed by atoms with Crippen LogP contribution in [-0.2, 0) is 0 Å². The second-order valence-electron chi connectivity index (χ2n) is 5.00. The SMILES string of the molecule is CCCCNC(=O)c1ccnc(N(CCC)CCC)c1. The normalized spacial score (nSPS) is 10.3. The number of amides is 1. The zero-order valence-electron chi connectivity index (χ0n) is 13.0. The number of aromatic nitrogens is 1. The Hall–Kier alpha value is -1.58. The molecular weight excluding hydrogens is 250 g/mol. The molecule has 0 aliphatic carbocycles. The first kappa shape index (κ1) is 16.5. The van der Waals surface area contributed by atoms with Crippen molar-refractivity contribution in [3.8, 4) is 0 Å². The molecule has 0 aromatic carbocycles. The third-order valence-corrected chi connectivity index (χ3v) is 3.13. The number of pyridine rings is 1. The topological polar surface area (TPSA) is 45.2 Å². The van der Waals surface area contributed by atoms with Crippen LogP contribution in [0.1, 0.15) is 56.8 Å². The largest absolute Gasteiger partial charge is 0.357 e. The second-order valence-corrected chi connectivity index (χ2v) is 5.00. The number of carbonyl (C=O) groups is 1. The molecule has 1 amide bonds. The van der Waals surface area contributed by atoms with Gasteiger partial charge in [-0.25, -0.2) is 4.98 Å². The van der Waals surface area contributed by atoms with Crippen LogP contribution < -0.4 is 10.2 Å². The second kappa shape index (κ2) is 9.34. The molecule has 20 heavy (non-hydrogen) atoms. The van der Waals surface area contributed by atoms with Gasteiger partial charge in [0.05, 0.1) is 0 Å². The van der Waals surface area contributed by atoms with E-state index in [9.17, 15) is 4.79 Å². The first-order valence-electron chi connectivity index (χ1n) is 7.72. The third kappa shape index (κ3) is 5.19. The Morgan fingerprint density at radius 2 is 1.90 bits per heavy atom. The highest BCUT2D eigenvalue weighted by atomic mass is 16.1. The molecule has 0 radical (unpaired) electrons. The van der Waals surface area contributed by atoms with E-state index >= 15 is 0 Å². The van der Waals surface area contributed by atoms with Crippen LogP contribution in [0.2, 0.25) is 0 Å². The summed E-state index contributed by atoms with van der Waals surface area (Å²) in [6.07, 6.45) is 5.98. The quantitative estimate of drug-likeness (QED) is 0.705. The zero-order chi connectivity index (χ0) is 14.8. The van der Waals surface area contributed by atoms with Gasteiger partial charge in [0.2, 0.25) is 0 Å². The summed E-state index contributed by atoms with van der Waals surface area (Å²) in [5.41, 5.74) is 0.698. The van der Waals surface area contributed by atoms with Crippen LogP contribution in [0.3, 0.4) is 0 Å². The standard InChI is InChI=1S/C16H27N3O/c1-4-7-9-18-16(20)14-8-10-17-15(13-14)19(11-5-2)12-6-3/h8,10,13H,4-7,9,11-12H2,1-3H3,(H,18,20). The first-order chi connectivity index (χ1) is 9.72. The minimum Gasteiger partial charge on any atom is -0.357 e. The zero-order valence-corrected chi connectivity index (χ0v) is 13.0. The number of anilines is 1. The van der Waals surface area contributed by atoms with E-state index in [2.05, 4.69) is 36.0 Å². The molecule has 0 spiro atoms. The number of nitrogens with zero attached hydrogens (tertiary/aromatic N) is 2. The molecule has 0 saturated carbocycles. The van der Waals surface area contributed by atoms with E-state index in [1.807, 2.05) is 6.07 Å². The van der Waals surface area contributed by atoms with Gasteiger partial charge in [0.25, 0.3) is 5.91 Å². The Kier molecular flexibility index (Phi) is 7.70. The summed E-state index contributed by atoms with van der Waals surface area (Å²) >= 11 is 0. The lowest BCUT2D eigenvalue weighted by Gasteiger charge is -2.22. The fourth-order valence-electron chi connectivity index (χ4n) is 2.09. The molecule has 112 valence electrons. The Labute approximate surface area is 122 Å². The van der Waals surface area contributed by atoms with E-state index in [1.54, 1.807) is 12.3 Å². The molecule has 0 aliphatic rings. The van der Waals surface area contributed by atoms with Gasteiger partial charge in [0.1, 0.15) is 5.82 Å². The smallest absolute Gasteiger partial charge is 0.251 e. The lowest BCUT2D eigenvalue weighted by atomic mass is 10.2. The van der Waals surface area contributed by atoms with Crippen molar-refractivity contribution in [3.05, 3.63) is 23.9 Å². The molecule has 0 fully saturated rings. The lowest BCUT2D eigenvalue weighted by molar-refractivity contribution is 0.0953. The van der Waals surface area contributed by atoms with E-state index < -0.39 is 0 Å². The van der Waals surface area contributed by atoms with Crippen molar-refractivity contribution >= 4 is 11.7 Å². The van der Waals surface area contributed by atoms with E-state index in [0.717, 1.165) is 51.1 Å². The number of hydrogen-bond donors (Lipinski definition) is 1. The van der Waals surface area contributed by atoms with Crippen molar-refractivity contribution < 1.29 is 4.79 Å². The maximum Gasteiger partial charge on any atom is 0.251 e. The maximum absolute atomic E-state index is 12.1. The molecule has 4 nitrogen and oxygen atoms in total. The number of unbranched alkanes of at least 4 members (excludes halogenated alkanes) is 1. The Morgan fingerprint density at radius 1 is 1.20 bits per heavy atom. The summed E-state index contributed by atoms with van der Waals surface area (Å²) < 4.78 is 0. The number of nitrogens with one attached hydrogen (secondary N) is 1. The Bertz CT molecular complexity index is 400. The summed E-state index contributed by atoms with van der Waals surface area (Å²) in [6.45, 7) is 9.11. The summed E-state index contributed by atoms with van der Waals surface area (Å²) in [7, 11) is 0. The van der Waals surface area contributed by atoms with E-state index in [1.165, 1.54) is 0 Å². The first-order valence-corrected chi connectivity index (χ1v) is 7.72. The van der Waals surface area contributed by atoms with E-state index in [4.69, 9.17) is 0 Å². The fourth-order valence-corrected chi connectivity index (χ4v) is 2.09. The summed E-state index contributed by atoms with van der Waals surface area (Å²) in [5.74, 6) is 0.895. The lowest BCUT2D eigenvalue weighted by Crippen LogP contribution is -2.27. The average Bonchev–Trinajstić information content (AvgIpc) is 2.47. The highest BCUT2D eigenvalue weighted by Crippen LogP contribution is 2.13. The van der Waals surface area contributed by atoms with Crippen LogP contribution >= 0.6 is 0 Å². The highest BCUT2D eigenvalue weighted by molar-refractivity contribution is 5.94. The molecule has 0 saturated heterocycles. The van der Waals surface area contributed by atoms with Gasteiger partial charge in [-0.15, -0.1) is 0 Å². The summed E-state index contributed by atoms with van der Waals surface area (Å²) in [4.78, 5) is 18.7. The van der Waals surface area contributed by atoms with Crippen LogP contribution in [0.15, 0.2) is 18.3 Å². The van der Waals surface area contributed by atoms with Gasteiger partial charge in [0, 0.05) is 31.4 Å². The van der Waals surface area contributed by atoms with Gasteiger partial charge in [-0.1, -0.05) is 27.2 Å². The molecular formula is C16H27N3O. The van der Waals surface area contributed by atoms with Crippen LogP contribution in [0.5, 0.6) is 0 Å². The van der Waals surface area contributed by atoms with Crippen molar-refractivity contribution in [2.75, 3.05) is 24.5 Å². The molecule has 0 atom stereocenters. The highest BCUT2D eigenvalue weighted by Gasteiger charge is 2.10. The molecule has 0 unspecified atom stereocenters. The van der Waals surface area contributed by atoms with Crippen LogP contribution in [0, 0.1) is 0 Å². The molecule has 1 aromatic heterocycles. The average molecular weight is 277 g/mol. The van der Waals surface area contributed by atoms with Gasteiger partial charge >= 0.3 is 0 Å². The molecule has 1 rings (SSSR count). The third-order valence-electron chi connectivity index (χ3n) is 3.13. The van der Waals surface area contributed by atoms with Crippen molar-refractivity contribution in [3.63, 3.8) is 0 Å². The number of rotatable bonds is 9. The Balaban J connectivity index is 2.74. The minimum atomic E-state index is -0.00459. The molecule has 4 heteroatoms. The van der Waals surface area contributed by atoms with Gasteiger partial charge < -0.3 is 10.2 Å². The Morgan fingerprint density at radius 3 is 2.50 bits per heavy atom. The van der Waals surface area contributed by atoms with E-state index in [0.29, 0.717) is 5.56 Å². The predicted molar refractivity (Wildman–Crippen MR) is 84.3 cm³/mol. The van der Waals surface area contributed by atoms with Crippen molar-refractivity contribution in [2.45, 2.75) is 46.5 Å². The van der Waals surface area contributed by atoms with Gasteiger partial charge in [0.15, 0.2) is 0 Å². The van der Waals surface area contributed by atoms with Gasteiger partial charge in [-0.2, -0.15) is 0 Å². The van der Waals surface area contributed by atoms with Gasteiger partial charge in [-0.05, 0) is 31.4 Å². The molecule has 0 aliphatic heterocycles. The van der Waals surface area contributed by atoms with Crippen molar-refractivity contribution in [2.24, 2.45) is 0 Å². The summed E-state index contributed by atoms with van der Waals surface area (Å²) in [5, 5.41) is 2.94. The number of hydrogen-bond acceptors (Lipinski definition) is 3. The number of carbonyl (C=O) groups excluding carboxylic acids is 1. The van der Waals surface area contributed by atoms with E-state index in [-0.39, 0.29) is 5.91 Å². The molecule has 1 aromatic rings. The van der Waals surface area contributed by atoms with Crippen LogP contribution in [0.4, 0.5) is 5.82 Å². The van der Waals surface area contributed by atoms with Crippen molar-refractivity contribution in [1.29, 1.82) is 0 Å². The maximum atomic E-state index is 12.1. The van der Waals surface area contributed by atoms with Gasteiger partial charge in [-0.3, -0.25) is 4.79 Å². The molecule has 1 N–H and O–H groups in total. The minimum absolute atomic E-state index is 0.00459. The summed E-state index contributed by atoms with van der Waals surface area (Å²) in [6, 6.07) is 3.67. The predicted octanol–water partition coefficient (Wildman–Crippen LogP) is 3.24. The van der Waals surface area contributed by atoms with Crippen LogP contribution in [0.25, 0.3) is 0 Å². The molecule has 1 heterocycles. The van der Waals surface area contributed by atoms with Crippen LogP contribution in [-0.4, -0.2) is 30.5 Å².